The molecule has 11 heteroatoms. The summed E-state index contributed by atoms with van der Waals surface area (Å²) in [5.41, 5.74) is 8.61. The Morgan fingerprint density at radius 2 is 1.52 bits per heavy atom. The predicted molar refractivity (Wildman–Crippen MR) is 216 cm³/mol. The summed E-state index contributed by atoms with van der Waals surface area (Å²) in [5.74, 6) is -0.697. The maximum atomic E-state index is 13.9. The van der Waals surface area contributed by atoms with E-state index in [4.69, 9.17) is 14.2 Å². The van der Waals surface area contributed by atoms with Gasteiger partial charge < -0.3 is 19.1 Å². The van der Waals surface area contributed by atoms with Gasteiger partial charge in [-0.25, -0.2) is 18.0 Å². The van der Waals surface area contributed by atoms with Gasteiger partial charge in [-0.1, -0.05) is 78.4 Å². The van der Waals surface area contributed by atoms with Crippen molar-refractivity contribution < 1.29 is 32.2 Å². The van der Waals surface area contributed by atoms with Crippen LogP contribution >= 0.6 is 15.9 Å². The fourth-order valence-electron chi connectivity index (χ4n) is 7.90. The molecule has 1 aliphatic heterocycles. The first kappa shape index (κ1) is 39.5. The van der Waals surface area contributed by atoms with Gasteiger partial charge in [-0.15, -0.1) is 0 Å². The molecular formula is C43H49BrN2O7S. The van der Waals surface area contributed by atoms with Crippen LogP contribution in [0.1, 0.15) is 79.0 Å². The molecule has 0 spiro atoms. The molecule has 0 radical (unpaired) electrons. The second kappa shape index (κ2) is 15.5. The van der Waals surface area contributed by atoms with Crippen molar-refractivity contribution in [2.24, 2.45) is 0 Å². The molecule has 4 aromatic carbocycles. The summed E-state index contributed by atoms with van der Waals surface area (Å²) in [6.45, 7) is 11.9. The number of halogens is 1. The van der Waals surface area contributed by atoms with Crippen molar-refractivity contribution in [2.75, 3.05) is 37.4 Å². The molecule has 0 aromatic heterocycles. The number of ether oxygens (including phenoxy) is 3. The van der Waals surface area contributed by atoms with E-state index in [1.54, 1.807) is 4.90 Å². The van der Waals surface area contributed by atoms with E-state index in [-0.39, 0.29) is 19.1 Å². The van der Waals surface area contributed by atoms with Gasteiger partial charge in [-0.3, -0.25) is 4.31 Å². The fraction of sp³-hybridized carbons (Fsp3) is 0.395. The van der Waals surface area contributed by atoms with Crippen LogP contribution in [0.5, 0.6) is 0 Å². The number of carbonyl (C=O) groups excluding carboxylic acids is 2. The van der Waals surface area contributed by atoms with Crippen molar-refractivity contribution in [3.63, 3.8) is 0 Å². The number of nitrogens with zero attached hydrogens (tertiary/aromatic N) is 2. The third-order valence-electron chi connectivity index (χ3n) is 10.4. The summed E-state index contributed by atoms with van der Waals surface area (Å²) in [4.78, 5) is 29.1. The summed E-state index contributed by atoms with van der Waals surface area (Å²) in [5, 5.41) is 0. The lowest BCUT2D eigenvalue weighted by atomic mass is 9.87. The number of benzene rings is 4. The lowest BCUT2D eigenvalue weighted by Gasteiger charge is -2.35. The van der Waals surface area contributed by atoms with E-state index in [0.717, 1.165) is 50.8 Å². The number of carbonyl (C=O) groups is 2. The molecule has 1 aliphatic carbocycles. The predicted octanol–water partition coefficient (Wildman–Crippen LogP) is 9.25. The van der Waals surface area contributed by atoms with E-state index in [2.05, 4.69) is 40.2 Å². The minimum Gasteiger partial charge on any atom is -0.467 e. The standard InChI is InChI=1S/C43H49BrN2O7S/c1-26-19-21-29(22-20-26)36-27(2)38(44)39(28(3)37(36)40(41(47)51-7)53-43(4,5)6)46(54(8,49)50)24-30-14-13-23-45(30)42(48)52-25-35-33-17-11-9-15-31(33)32-16-10-12-18-34(32)35/h9-12,15-22,30,35,40H,13-14,23-25H2,1-8H3/t30-,40-/m0/s1. The van der Waals surface area contributed by atoms with E-state index in [1.165, 1.54) is 11.4 Å². The summed E-state index contributed by atoms with van der Waals surface area (Å²) < 4.78 is 47.5. The first-order valence-electron chi connectivity index (χ1n) is 18.3. The number of likely N-dealkylation sites (tertiary alicyclic amines) is 1. The maximum absolute atomic E-state index is 13.9. The van der Waals surface area contributed by atoms with E-state index in [9.17, 15) is 18.0 Å². The number of methoxy groups -OCH3 is 1. The van der Waals surface area contributed by atoms with Crippen molar-refractivity contribution in [2.45, 2.75) is 78.0 Å². The first-order valence-corrected chi connectivity index (χ1v) is 20.9. The van der Waals surface area contributed by atoms with E-state index in [0.29, 0.717) is 40.7 Å². The maximum Gasteiger partial charge on any atom is 0.410 e. The van der Waals surface area contributed by atoms with Gasteiger partial charge in [0.1, 0.15) is 6.61 Å². The van der Waals surface area contributed by atoms with Gasteiger partial charge >= 0.3 is 12.1 Å². The lowest BCUT2D eigenvalue weighted by Crippen LogP contribution is -2.46. The number of hydrogen-bond donors (Lipinski definition) is 0. The van der Waals surface area contributed by atoms with Gasteiger partial charge in [-0.05, 0) is 115 Å². The fourth-order valence-corrected chi connectivity index (χ4v) is 9.73. The highest BCUT2D eigenvalue weighted by atomic mass is 79.9. The van der Waals surface area contributed by atoms with Crippen molar-refractivity contribution >= 4 is 43.7 Å². The van der Waals surface area contributed by atoms with Crippen LogP contribution in [0.3, 0.4) is 0 Å². The Labute approximate surface area is 327 Å². The van der Waals surface area contributed by atoms with Gasteiger partial charge in [0.15, 0.2) is 6.10 Å². The molecule has 0 N–H and O–H groups in total. The number of sulfonamides is 1. The largest absolute Gasteiger partial charge is 0.467 e. The summed E-state index contributed by atoms with van der Waals surface area (Å²) >= 11 is 3.80. The molecule has 6 rings (SSSR count). The topological polar surface area (TPSA) is 102 Å². The highest BCUT2D eigenvalue weighted by Gasteiger charge is 2.39. The zero-order chi connectivity index (χ0) is 39.1. The monoisotopic (exact) mass is 816 g/mol. The van der Waals surface area contributed by atoms with Crippen molar-refractivity contribution in [3.8, 4) is 22.3 Å². The average molecular weight is 818 g/mol. The molecular weight excluding hydrogens is 768 g/mol. The van der Waals surface area contributed by atoms with E-state index >= 15 is 0 Å². The summed E-state index contributed by atoms with van der Waals surface area (Å²) in [7, 11) is -2.61. The van der Waals surface area contributed by atoms with Crippen LogP contribution in [-0.2, 0) is 29.0 Å². The van der Waals surface area contributed by atoms with Crippen LogP contribution in [0, 0.1) is 20.8 Å². The van der Waals surface area contributed by atoms with Crippen molar-refractivity contribution in [1.82, 2.24) is 4.90 Å². The number of amides is 1. The Kier molecular flexibility index (Phi) is 11.3. The second-order valence-electron chi connectivity index (χ2n) is 15.3. The molecule has 0 unspecified atom stereocenters. The van der Waals surface area contributed by atoms with Crippen molar-refractivity contribution in [1.29, 1.82) is 0 Å². The molecule has 1 fully saturated rings. The Morgan fingerprint density at radius 1 is 0.926 bits per heavy atom. The molecule has 0 bridgehead atoms. The minimum absolute atomic E-state index is 0.00571. The molecule has 1 saturated heterocycles. The van der Waals surface area contributed by atoms with Gasteiger partial charge in [0.05, 0.1) is 37.2 Å². The van der Waals surface area contributed by atoms with Crippen LogP contribution in [0.4, 0.5) is 10.5 Å². The molecule has 2 atom stereocenters. The number of aryl methyl sites for hydroxylation is 1. The normalized spacial score (nSPS) is 16.2. The molecule has 9 nitrogen and oxygen atoms in total. The molecule has 1 amide bonds. The molecule has 4 aromatic rings. The molecule has 2 aliphatic rings. The third-order valence-corrected chi connectivity index (χ3v) is 12.5. The molecule has 1 heterocycles. The Balaban J connectivity index is 1.37. The van der Waals surface area contributed by atoms with Crippen LogP contribution in [0.15, 0.2) is 77.3 Å². The molecule has 54 heavy (non-hydrogen) atoms. The van der Waals surface area contributed by atoms with Gasteiger partial charge in [-0.2, -0.15) is 0 Å². The zero-order valence-electron chi connectivity index (χ0n) is 32.2. The number of rotatable bonds is 10. The SMILES string of the molecule is COC(=O)[C@@H](OC(C)(C)C)c1c(C)c(N(C[C@@H]2CCCN2C(=O)OCC2c3ccccc3-c3ccccc32)S(C)(=O)=O)c(Br)c(C)c1-c1ccc(C)cc1. The highest BCUT2D eigenvalue weighted by molar-refractivity contribution is 9.10. The smallest absolute Gasteiger partial charge is 0.410 e. The van der Waals surface area contributed by atoms with Crippen LogP contribution < -0.4 is 4.31 Å². The Hall–Kier alpha value is -4.19. The Bertz CT molecular complexity index is 2130. The summed E-state index contributed by atoms with van der Waals surface area (Å²) in [6.07, 6.45) is 0.824. The minimum atomic E-state index is -3.93. The number of anilines is 1. The van der Waals surface area contributed by atoms with Gasteiger partial charge in [0.25, 0.3) is 0 Å². The third kappa shape index (κ3) is 7.81. The Morgan fingerprint density at radius 3 is 2.07 bits per heavy atom. The first-order chi connectivity index (χ1) is 25.5. The molecule has 0 saturated carbocycles. The molecule has 286 valence electrons. The van der Waals surface area contributed by atoms with Crippen molar-refractivity contribution in [3.05, 3.63) is 111 Å². The second-order valence-corrected chi connectivity index (χ2v) is 18.0. The van der Waals surface area contributed by atoms with E-state index < -0.39 is 39.8 Å². The van der Waals surface area contributed by atoms with Crippen LogP contribution in [0.2, 0.25) is 0 Å². The lowest BCUT2D eigenvalue weighted by molar-refractivity contribution is -0.164. The number of esters is 1. The zero-order valence-corrected chi connectivity index (χ0v) is 34.6. The van der Waals surface area contributed by atoms with Gasteiger partial charge in [0.2, 0.25) is 10.0 Å². The van der Waals surface area contributed by atoms with Gasteiger partial charge in [0, 0.05) is 22.5 Å². The van der Waals surface area contributed by atoms with E-state index in [1.807, 2.05) is 90.1 Å². The number of fused-ring (bicyclic) bond motifs is 3. The quantitative estimate of drug-likeness (QED) is 0.147. The van der Waals surface area contributed by atoms with Crippen LogP contribution in [-0.4, -0.2) is 70.1 Å². The average Bonchev–Trinajstić information content (AvgIpc) is 3.72. The summed E-state index contributed by atoms with van der Waals surface area (Å²) in [6, 6.07) is 23.9. The highest BCUT2D eigenvalue weighted by Crippen LogP contribution is 2.48. The number of hydrogen-bond acceptors (Lipinski definition) is 7. The van der Waals surface area contributed by atoms with Crippen LogP contribution in [0.25, 0.3) is 22.3 Å².